The van der Waals surface area contributed by atoms with Crippen LogP contribution in [0.25, 0.3) is 0 Å². The Morgan fingerprint density at radius 2 is 1.81 bits per heavy atom. The first-order valence-electron chi connectivity index (χ1n) is 9.46. The minimum absolute atomic E-state index is 0.153. The van der Waals surface area contributed by atoms with Crippen molar-refractivity contribution in [3.8, 4) is 0 Å². The number of unbranched alkanes of at least 4 members (excludes halogenated alkanes) is 1. The summed E-state index contributed by atoms with van der Waals surface area (Å²) >= 11 is 0. The van der Waals surface area contributed by atoms with Gasteiger partial charge in [0, 0.05) is 5.56 Å². The van der Waals surface area contributed by atoms with Crippen LogP contribution in [0.15, 0.2) is 24.3 Å². The van der Waals surface area contributed by atoms with Crippen LogP contribution in [0.5, 0.6) is 0 Å². The standard InChI is InChI=1S/C22H30O4/c1-6-26-20(25)17-18(23)15-11-7-8-12-16(15)22(5,19(17)24)14-10-9-13-21(2,3)4/h7-8,11-12,17H,6,9-10,13-14H2,1-5H3. The third-order valence-corrected chi connectivity index (χ3v) is 5.23. The predicted octanol–water partition coefficient (Wildman–Crippen LogP) is 4.50. The van der Waals surface area contributed by atoms with Gasteiger partial charge in [-0.1, -0.05) is 57.9 Å². The topological polar surface area (TPSA) is 60.4 Å². The lowest BCUT2D eigenvalue weighted by molar-refractivity contribution is -0.151. The molecule has 0 aromatic heterocycles. The number of carbonyl (C=O) groups excluding carboxylic acids is 3. The summed E-state index contributed by atoms with van der Waals surface area (Å²) in [6.45, 7) is 10.3. The van der Waals surface area contributed by atoms with Crippen molar-refractivity contribution < 1.29 is 19.1 Å². The van der Waals surface area contributed by atoms with Crippen molar-refractivity contribution in [2.75, 3.05) is 6.61 Å². The van der Waals surface area contributed by atoms with Crippen LogP contribution in [-0.4, -0.2) is 24.1 Å². The van der Waals surface area contributed by atoms with E-state index >= 15 is 0 Å². The van der Waals surface area contributed by atoms with Crippen molar-refractivity contribution in [1.82, 2.24) is 0 Å². The number of carbonyl (C=O) groups is 3. The molecule has 0 spiro atoms. The molecular formula is C22H30O4. The average molecular weight is 358 g/mol. The highest BCUT2D eigenvalue weighted by Crippen LogP contribution is 2.41. The summed E-state index contributed by atoms with van der Waals surface area (Å²) in [5, 5.41) is 0. The van der Waals surface area contributed by atoms with Crippen molar-refractivity contribution in [3.63, 3.8) is 0 Å². The quantitative estimate of drug-likeness (QED) is 0.427. The Morgan fingerprint density at radius 1 is 1.15 bits per heavy atom. The molecule has 0 N–H and O–H groups in total. The number of Topliss-reactive ketones (excluding diaryl/α,β-unsaturated/α-hetero) is 2. The van der Waals surface area contributed by atoms with Crippen molar-refractivity contribution in [3.05, 3.63) is 35.4 Å². The molecule has 0 bridgehead atoms. The fourth-order valence-corrected chi connectivity index (χ4v) is 3.74. The molecule has 0 saturated carbocycles. The molecule has 4 heteroatoms. The van der Waals surface area contributed by atoms with Crippen LogP contribution in [0, 0.1) is 11.3 Å². The second kappa shape index (κ2) is 7.73. The summed E-state index contributed by atoms with van der Waals surface area (Å²) in [5.74, 6) is -2.82. The largest absolute Gasteiger partial charge is 0.465 e. The lowest BCUT2D eigenvalue weighted by Crippen LogP contribution is -2.49. The number of benzene rings is 1. The van der Waals surface area contributed by atoms with E-state index in [-0.39, 0.29) is 17.8 Å². The Labute approximate surface area is 156 Å². The molecule has 0 saturated heterocycles. The summed E-state index contributed by atoms with van der Waals surface area (Å²) in [5.41, 5.74) is 0.633. The Bertz CT molecular complexity index is 698. The van der Waals surface area contributed by atoms with E-state index in [4.69, 9.17) is 4.74 Å². The van der Waals surface area contributed by atoms with Crippen LogP contribution < -0.4 is 0 Å². The molecule has 0 radical (unpaired) electrons. The van der Waals surface area contributed by atoms with Gasteiger partial charge < -0.3 is 4.74 Å². The maximum Gasteiger partial charge on any atom is 0.324 e. The van der Waals surface area contributed by atoms with Crippen molar-refractivity contribution in [2.24, 2.45) is 11.3 Å². The molecular weight excluding hydrogens is 328 g/mol. The second-order valence-electron chi connectivity index (χ2n) is 8.56. The van der Waals surface area contributed by atoms with Gasteiger partial charge in [0.05, 0.1) is 12.0 Å². The van der Waals surface area contributed by atoms with E-state index in [1.165, 1.54) is 0 Å². The highest BCUT2D eigenvalue weighted by Gasteiger charge is 2.51. The van der Waals surface area contributed by atoms with E-state index in [1.807, 2.05) is 19.1 Å². The van der Waals surface area contributed by atoms with E-state index in [1.54, 1.807) is 19.1 Å². The van der Waals surface area contributed by atoms with Crippen LogP contribution in [0.3, 0.4) is 0 Å². The fraction of sp³-hybridized carbons (Fsp3) is 0.591. The van der Waals surface area contributed by atoms with E-state index in [9.17, 15) is 14.4 Å². The Morgan fingerprint density at radius 3 is 2.42 bits per heavy atom. The SMILES string of the molecule is CCOC(=O)C1C(=O)c2ccccc2C(C)(CCCCC(C)(C)C)C1=O. The maximum absolute atomic E-state index is 13.2. The molecule has 0 fully saturated rings. The molecule has 0 amide bonds. The zero-order chi connectivity index (χ0) is 19.5. The van der Waals surface area contributed by atoms with Gasteiger partial charge in [-0.25, -0.2) is 0 Å². The van der Waals surface area contributed by atoms with Gasteiger partial charge in [-0.15, -0.1) is 0 Å². The van der Waals surface area contributed by atoms with Gasteiger partial charge in [0.25, 0.3) is 0 Å². The molecule has 1 aromatic rings. The van der Waals surface area contributed by atoms with E-state index in [0.717, 1.165) is 24.8 Å². The van der Waals surface area contributed by atoms with Gasteiger partial charge in [0.2, 0.25) is 0 Å². The summed E-state index contributed by atoms with van der Waals surface area (Å²) in [4.78, 5) is 38.3. The van der Waals surface area contributed by atoms with Gasteiger partial charge in [-0.2, -0.15) is 0 Å². The Hall–Kier alpha value is -1.97. The molecule has 2 unspecified atom stereocenters. The number of ketones is 2. The first-order valence-corrected chi connectivity index (χ1v) is 9.46. The third kappa shape index (κ3) is 4.05. The smallest absolute Gasteiger partial charge is 0.324 e. The number of ether oxygens (including phenoxy) is 1. The third-order valence-electron chi connectivity index (χ3n) is 5.23. The van der Waals surface area contributed by atoms with Crippen LogP contribution in [-0.2, 0) is 19.7 Å². The summed E-state index contributed by atoms with van der Waals surface area (Å²) in [6, 6.07) is 7.17. The minimum Gasteiger partial charge on any atom is -0.465 e. The molecule has 0 heterocycles. The molecule has 0 aliphatic heterocycles. The van der Waals surface area contributed by atoms with Crippen LogP contribution >= 0.6 is 0 Å². The number of rotatable bonds is 6. The lowest BCUT2D eigenvalue weighted by atomic mass is 9.63. The number of hydrogen-bond donors (Lipinski definition) is 0. The number of fused-ring (bicyclic) bond motifs is 1. The summed E-state index contributed by atoms with van der Waals surface area (Å²) < 4.78 is 5.02. The predicted molar refractivity (Wildman–Crippen MR) is 101 cm³/mol. The fourth-order valence-electron chi connectivity index (χ4n) is 3.74. The first-order chi connectivity index (χ1) is 12.1. The molecule has 1 aromatic carbocycles. The molecule has 4 nitrogen and oxygen atoms in total. The monoisotopic (exact) mass is 358 g/mol. The van der Waals surface area contributed by atoms with Gasteiger partial charge in [-0.3, -0.25) is 14.4 Å². The highest BCUT2D eigenvalue weighted by molar-refractivity contribution is 6.28. The van der Waals surface area contributed by atoms with E-state index in [0.29, 0.717) is 12.0 Å². The average Bonchev–Trinajstić information content (AvgIpc) is 2.57. The Kier molecular flexibility index (Phi) is 6.05. The zero-order valence-electron chi connectivity index (χ0n) is 16.6. The van der Waals surface area contributed by atoms with Crippen molar-refractivity contribution in [1.29, 1.82) is 0 Å². The zero-order valence-corrected chi connectivity index (χ0v) is 16.6. The molecule has 1 aliphatic carbocycles. The van der Waals surface area contributed by atoms with Crippen LogP contribution in [0.2, 0.25) is 0 Å². The van der Waals surface area contributed by atoms with Crippen LogP contribution in [0.4, 0.5) is 0 Å². The second-order valence-corrected chi connectivity index (χ2v) is 8.56. The summed E-state index contributed by atoms with van der Waals surface area (Å²) in [7, 11) is 0. The Balaban J connectivity index is 2.33. The highest BCUT2D eigenvalue weighted by atomic mass is 16.5. The lowest BCUT2D eigenvalue weighted by Gasteiger charge is -2.37. The molecule has 1 aliphatic rings. The van der Waals surface area contributed by atoms with Gasteiger partial charge >= 0.3 is 5.97 Å². The van der Waals surface area contributed by atoms with Crippen molar-refractivity contribution in [2.45, 2.75) is 65.7 Å². The summed E-state index contributed by atoms with van der Waals surface area (Å²) in [6.07, 6.45) is 3.57. The van der Waals surface area contributed by atoms with Crippen molar-refractivity contribution >= 4 is 17.5 Å². The number of hydrogen-bond acceptors (Lipinski definition) is 4. The normalized spacial score (nSPS) is 22.9. The van der Waals surface area contributed by atoms with Crippen LogP contribution in [0.1, 0.15) is 76.2 Å². The first kappa shape index (κ1) is 20.3. The van der Waals surface area contributed by atoms with Gasteiger partial charge in [-0.05, 0) is 37.7 Å². The van der Waals surface area contributed by atoms with E-state index < -0.39 is 23.1 Å². The van der Waals surface area contributed by atoms with Gasteiger partial charge in [0.1, 0.15) is 0 Å². The molecule has 26 heavy (non-hydrogen) atoms. The molecule has 2 atom stereocenters. The van der Waals surface area contributed by atoms with Gasteiger partial charge in [0.15, 0.2) is 17.5 Å². The van der Waals surface area contributed by atoms with E-state index in [2.05, 4.69) is 20.8 Å². The minimum atomic E-state index is -1.34. The maximum atomic E-state index is 13.2. The molecule has 142 valence electrons. The molecule has 2 rings (SSSR count). The number of esters is 1.